The van der Waals surface area contributed by atoms with Gasteiger partial charge in [-0.15, -0.1) is 0 Å². The zero-order chi connectivity index (χ0) is 15.2. The van der Waals surface area contributed by atoms with Gasteiger partial charge in [-0.2, -0.15) is 0 Å². The van der Waals surface area contributed by atoms with Crippen molar-refractivity contribution in [2.24, 2.45) is 11.5 Å². The number of hydrogen-bond donors (Lipinski definition) is 2. The molecule has 1 saturated heterocycles. The maximum atomic E-state index is 12.2. The summed E-state index contributed by atoms with van der Waals surface area (Å²) in [5.41, 5.74) is 12.3. The van der Waals surface area contributed by atoms with Crippen molar-refractivity contribution in [3.63, 3.8) is 0 Å². The number of morpholine rings is 1. The minimum absolute atomic E-state index is 0.0177. The van der Waals surface area contributed by atoms with Gasteiger partial charge in [-0.3, -0.25) is 9.59 Å². The molecule has 1 aliphatic heterocycles. The van der Waals surface area contributed by atoms with E-state index in [-0.39, 0.29) is 18.5 Å². The van der Waals surface area contributed by atoms with Crippen LogP contribution in [0.3, 0.4) is 0 Å². The minimum Gasteiger partial charge on any atom is -0.367 e. The van der Waals surface area contributed by atoms with Gasteiger partial charge in [-0.25, -0.2) is 0 Å². The smallest absolute Gasteiger partial charge is 0.248 e. The highest BCUT2D eigenvalue weighted by Gasteiger charge is 2.27. The van der Waals surface area contributed by atoms with E-state index in [4.69, 9.17) is 16.2 Å². The van der Waals surface area contributed by atoms with Crippen LogP contribution in [0.25, 0.3) is 0 Å². The van der Waals surface area contributed by atoms with E-state index in [1.165, 1.54) is 0 Å². The van der Waals surface area contributed by atoms with Crippen molar-refractivity contribution < 1.29 is 14.3 Å². The van der Waals surface area contributed by atoms with Crippen molar-refractivity contribution in [3.05, 3.63) is 35.9 Å². The Labute approximate surface area is 124 Å². The number of benzene rings is 1. The van der Waals surface area contributed by atoms with Crippen LogP contribution in [0, 0.1) is 0 Å². The van der Waals surface area contributed by atoms with Crippen LogP contribution in [0.5, 0.6) is 0 Å². The molecule has 2 amide bonds. The molecule has 21 heavy (non-hydrogen) atoms. The Hall–Kier alpha value is -1.92. The standard InChI is InChI=1S/C15H21N3O3/c16-12(11-4-2-1-3-5-11)6-7-14(19)18-8-9-21-13(10-18)15(17)20/h1-5,12-13H,6-10,16H2,(H2,17,20)/t12-,13+/m1/s1. The third-order valence-corrected chi connectivity index (χ3v) is 3.63. The Balaban J connectivity index is 1.83. The summed E-state index contributed by atoms with van der Waals surface area (Å²) < 4.78 is 5.22. The molecule has 1 aliphatic rings. The summed E-state index contributed by atoms with van der Waals surface area (Å²) in [6, 6.07) is 9.52. The van der Waals surface area contributed by atoms with Gasteiger partial charge in [0, 0.05) is 19.0 Å². The predicted molar refractivity (Wildman–Crippen MR) is 78.1 cm³/mol. The van der Waals surface area contributed by atoms with E-state index in [9.17, 15) is 9.59 Å². The summed E-state index contributed by atoms with van der Waals surface area (Å²) in [5.74, 6) is -0.551. The van der Waals surface area contributed by atoms with Crippen LogP contribution in [0.4, 0.5) is 0 Å². The summed E-state index contributed by atoms with van der Waals surface area (Å²) in [7, 11) is 0. The van der Waals surface area contributed by atoms with Crippen molar-refractivity contribution in [1.82, 2.24) is 4.90 Å². The summed E-state index contributed by atoms with van der Waals surface area (Å²) in [5, 5.41) is 0. The number of carbonyl (C=O) groups excluding carboxylic acids is 2. The Morgan fingerprint density at radius 1 is 1.33 bits per heavy atom. The van der Waals surface area contributed by atoms with E-state index < -0.39 is 12.0 Å². The van der Waals surface area contributed by atoms with Crippen molar-refractivity contribution in [2.45, 2.75) is 25.0 Å². The highest BCUT2D eigenvalue weighted by molar-refractivity contribution is 5.81. The Kier molecular flexibility index (Phi) is 5.30. The molecule has 0 aliphatic carbocycles. The normalized spacial score (nSPS) is 20.0. The molecule has 0 radical (unpaired) electrons. The van der Waals surface area contributed by atoms with Gasteiger partial charge >= 0.3 is 0 Å². The maximum absolute atomic E-state index is 12.2. The lowest BCUT2D eigenvalue weighted by molar-refractivity contribution is -0.145. The van der Waals surface area contributed by atoms with Gasteiger partial charge in [0.25, 0.3) is 0 Å². The summed E-state index contributed by atoms with van der Waals surface area (Å²) in [6.45, 7) is 1.06. The van der Waals surface area contributed by atoms with Gasteiger partial charge in [0.05, 0.1) is 13.2 Å². The second kappa shape index (κ2) is 7.19. The van der Waals surface area contributed by atoms with Gasteiger partial charge < -0.3 is 21.1 Å². The molecule has 6 nitrogen and oxygen atoms in total. The van der Waals surface area contributed by atoms with Gasteiger partial charge in [0.15, 0.2) is 6.10 Å². The molecule has 1 heterocycles. The summed E-state index contributed by atoms with van der Waals surface area (Å²) in [4.78, 5) is 24.9. The number of nitrogens with two attached hydrogens (primary N) is 2. The van der Waals surface area contributed by atoms with Crippen LogP contribution in [-0.2, 0) is 14.3 Å². The number of ether oxygens (including phenoxy) is 1. The molecule has 1 aromatic carbocycles. The first-order chi connectivity index (χ1) is 10.1. The molecule has 0 saturated carbocycles. The fraction of sp³-hybridized carbons (Fsp3) is 0.467. The number of hydrogen-bond acceptors (Lipinski definition) is 4. The van der Waals surface area contributed by atoms with Crippen LogP contribution >= 0.6 is 0 Å². The van der Waals surface area contributed by atoms with Crippen molar-refractivity contribution >= 4 is 11.8 Å². The molecule has 2 rings (SSSR count). The minimum atomic E-state index is -0.703. The lowest BCUT2D eigenvalue weighted by Crippen LogP contribution is -2.50. The van der Waals surface area contributed by atoms with Gasteiger partial charge in [-0.05, 0) is 12.0 Å². The van der Waals surface area contributed by atoms with Crippen molar-refractivity contribution in [2.75, 3.05) is 19.7 Å². The molecule has 0 unspecified atom stereocenters. The predicted octanol–water partition coefficient (Wildman–Crippen LogP) is 0.179. The monoisotopic (exact) mass is 291 g/mol. The first-order valence-corrected chi connectivity index (χ1v) is 7.07. The first kappa shape index (κ1) is 15.5. The maximum Gasteiger partial charge on any atom is 0.248 e. The van der Waals surface area contributed by atoms with E-state index in [2.05, 4.69) is 0 Å². The second-order valence-electron chi connectivity index (χ2n) is 5.16. The third kappa shape index (κ3) is 4.27. The fourth-order valence-electron chi connectivity index (χ4n) is 2.35. The highest BCUT2D eigenvalue weighted by Crippen LogP contribution is 2.16. The van der Waals surface area contributed by atoms with E-state index in [0.717, 1.165) is 5.56 Å². The topological polar surface area (TPSA) is 98.7 Å². The van der Waals surface area contributed by atoms with E-state index in [0.29, 0.717) is 26.0 Å². The Morgan fingerprint density at radius 2 is 2.05 bits per heavy atom. The SMILES string of the molecule is NC(=O)[C@@H]1CN(C(=O)CC[C@@H](N)c2ccccc2)CCO1. The molecule has 4 N–H and O–H groups in total. The van der Waals surface area contributed by atoms with E-state index in [1.54, 1.807) is 4.90 Å². The molecule has 114 valence electrons. The summed E-state index contributed by atoms with van der Waals surface area (Å²) in [6.07, 6.45) is 0.216. The largest absolute Gasteiger partial charge is 0.367 e. The zero-order valence-corrected chi connectivity index (χ0v) is 11.9. The van der Waals surface area contributed by atoms with Crippen LogP contribution in [0.2, 0.25) is 0 Å². The molecule has 0 bridgehead atoms. The van der Waals surface area contributed by atoms with Gasteiger partial charge in [-0.1, -0.05) is 30.3 Å². The second-order valence-corrected chi connectivity index (χ2v) is 5.16. The number of carbonyl (C=O) groups is 2. The summed E-state index contributed by atoms with van der Waals surface area (Å²) >= 11 is 0. The lowest BCUT2D eigenvalue weighted by atomic mass is 10.0. The Bertz CT molecular complexity index is 492. The number of nitrogens with zero attached hydrogens (tertiary/aromatic N) is 1. The average Bonchev–Trinajstić information content (AvgIpc) is 2.53. The molecule has 1 fully saturated rings. The third-order valence-electron chi connectivity index (χ3n) is 3.63. The molecule has 0 aromatic heterocycles. The van der Waals surface area contributed by atoms with Crippen molar-refractivity contribution in [3.8, 4) is 0 Å². The van der Waals surface area contributed by atoms with E-state index >= 15 is 0 Å². The quantitative estimate of drug-likeness (QED) is 0.808. The van der Waals surface area contributed by atoms with E-state index in [1.807, 2.05) is 30.3 Å². The average molecular weight is 291 g/mol. The zero-order valence-electron chi connectivity index (χ0n) is 11.9. The molecule has 0 spiro atoms. The Morgan fingerprint density at radius 3 is 2.71 bits per heavy atom. The van der Waals surface area contributed by atoms with Crippen LogP contribution < -0.4 is 11.5 Å². The van der Waals surface area contributed by atoms with Gasteiger partial charge in [0.1, 0.15) is 0 Å². The molecule has 2 atom stereocenters. The molecular formula is C15H21N3O3. The lowest BCUT2D eigenvalue weighted by Gasteiger charge is -2.31. The van der Waals surface area contributed by atoms with Crippen LogP contribution in [-0.4, -0.2) is 42.5 Å². The van der Waals surface area contributed by atoms with Crippen LogP contribution in [0.1, 0.15) is 24.4 Å². The molecule has 6 heteroatoms. The highest BCUT2D eigenvalue weighted by atomic mass is 16.5. The van der Waals surface area contributed by atoms with Gasteiger partial charge in [0.2, 0.25) is 11.8 Å². The van der Waals surface area contributed by atoms with Crippen LogP contribution in [0.15, 0.2) is 30.3 Å². The number of rotatable bonds is 5. The number of primary amides is 1. The molecule has 1 aromatic rings. The molecular weight excluding hydrogens is 270 g/mol. The first-order valence-electron chi connectivity index (χ1n) is 7.07. The fourth-order valence-corrected chi connectivity index (χ4v) is 2.35. The number of amides is 2. The van der Waals surface area contributed by atoms with Crippen molar-refractivity contribution in [1.29, 1.82) is 0 Å².